The minimum Gasteiger partial charge on any atom is -0.352 e. The number of thioether (sulfide) groups is 1. The van der Waals surface area contributed by atoms with Crippen LogP contribution in [-0.2, 0) is 9.59 Å². The molecule has 0 unspecified atom stereocenters. The first kappa shape index (κ1) is 21.4. The third-order valence-electron chi connectivity index (χ3n) is 5.63. The van der Waals surface area contributed by atoms with E-state index in [9.17, 15) is 14.9 Å². The van der Waals surface area contributed by atoms with Gasteiger partial charge in [0.15, 0.2) is 5.78 Å². The van der Waals surface area contributed by atoms with Gasteiger partial charge in [0, 0.05) is 28.3 Å². The number of allylic oxidation sites excluding steroid dienone is 3. The molecule has 0 radical (unpaired) electrons. The lowest BCUT2D eigenvalue weighted by molar-refractivity contribution is -0.116. The van der Waals surface area contributed by atoms with Crippen LogP contribution in [0.4, 0.5) is 5.69 Å². The molecule has 2 heterocycles. The predicted octanol–water partition coefficient (Wildman–Crippen LogP) is 5.17. The number of benzene rings is 1. The molecule has 31 heavy (non-hydrogen) atoms. The van der Waals surface area contributed by atoms with Crippen LogP contribution >= 0.6 is 23.1 Å². The Labute approximate surface area is 190 Å². The lowest BCUT2D eigenvalue weighted by Crippen LogP contribution is -2.31. The van der Waals surface area contributed by atoms with Gasteiger partial charge in [0.1, 0.15) is 0 Å². The molecule has 5 nitrogen and oxygen atoms in total. The van der Waals surface area contributed by atoms with E-state index in [1.807, 2.05) is 49.6 Å². The Hall–Kier alpha value is -2.82. The highest BCUT2D eigenvalue weighted by Crippen LogP contribution is 2.45. The average molecular weight is 450 g/mol. The minimum atomic E-state index is -0.348. The van der Waals surface area contributed by atoms with Crippen LogP contribution in [-0.4, -0.2) is 17.4 Å². The van der Waals surface area contributed by atoms with Gasteiger partial charge < -0.3 is 10.6 Å². The normalized spacial score (nSPS) is 18.4. The van der Waals surface area contributed by atoms with Crippen LogP contribution in [0.3, 0.4) is 0 Å². The maximum Gasteiger partial charge on any atom is 0.234 e. The number of rotatable bonds is 5. The van der Waals surface area contributed by atoms with Gasteiger partial charge in [-0.2, -0.15) is 5.26 Å². The number of carbonyl (C=O) groups is 2. The summed E-state index contributed by atoms with van der Waals surface area (Å²) in [6.45, 7) is 4.04. The molecule has 4 rings (SSSR count). The second kappa shape index (κ2) is 9.13. The summed E-state index contributed by atoms with van der Waals surface area (Å²) in [7, 11) is 0. The minimum absolute atomic E-state index is 0.108. The van der Waals surface area contributed by atoms with E-state index < -0.39 is 0 Å². The van der Waals surface area contributed by atoms with Crippen molar-refractivity contribution in [2.24, 2.45) is 0 Å². The fourth-order valence-electron chi connectivity index (χ4n) is 3.93. The second-order valence-corrected chi connectivity index (χ2v) is 9.70. The summed E-state index contributed by atoms with van der Waals surface area (Å²) in [6, 6.07) is 12.1. The summed E-state index contributed by atoms with van der Waals surface area (Å²) in [5.41, 5.74) is 5.18. The number of anilines is 1. The molecule has 0 spiro atoms. The molecule has 2 N–H and O–H groups in total. The van der Waals surface area contributed by atoms with Gasteiger partial charge in [-0.1, -0.05) is 23.9 Å². The number of nitriles is 1. The Kier molecular flexibility index (Phi) is 6.30. The maximum atomic E-state index is 12.7. The van der Waals surface area contributed by atoms with Gasteiger partial charge in [-0.05, 0) is 61.4 Å². The summed E-state index contributed by atoms with van der Waals surface area (Å²) < 4.78 is 0. The fraction of sp³-hybridized carbons (Fsp3) is 0.292. The van der Waals surface area contributed by atoms with Crippen molar-refractivity contribution < 1.29 is 9.59 Å². The number of Topliss-reactive ketones (excluding diaryl/α,β-unsaturated/α-hetero) is 1. The molecule has 2 aliphatic rings. The number of nitrogens with zero attached hydrogens (tertiary/aromatic N) is 1. The monoisotopic (exact) mass is 449 g/mol. The Balaban J connectivity index is 1.56. The molecule has 0 fully saturated rings. The Morgan fingerprint density at radius 1 is 1.29 bits per heavy atom. The van der Waals surface area contributed by atoms with Crippen LogP contribution in [0.2, 0.25) is 0 Å². The van der Waals surface area contributed by atoms with Crippen molar-refractivity contribution >= 4 is 40.5 Å². The Morgan fingerprint density at radius 2 is 2.13 bits per heavy atom. The van der Waals surface area contributed by atoms with Gasteiger partial charge in [-0.3, -0.25) is 9.59 Å². The third-order valence-corrected chi connectivity index (χ3v) is 7.58. The number of nitrogens with one attached hydrogen (secondary N) is 2. The van der Waals surface area contributed by atoms with E-state index in [1.165, 1.54) is 17.3 Å². The van der Waals surface area contributed by atoms with Gasteiger partial charge in [0.2, 0.25) is 5.91 Å². The van der Waals surface area contributed by atoms with E-state index in [2.05, 4.69) is 16.7 Å². The van der Waals surface area contributed by atoms with Crippen molar-refractivity contribution in [2.75, 3.05) is 11.1 Å². The molecule has 7 heteroatoms. The molecule has 1 atom stereocenters. The molecule has 0 saturated carbocycles. The van der Waals surface area contributed by atoms with Gasteiger partial charge in [-0.25, -0.2) is 0 Å². The molecule has 1 aliphatic carbocycles. The van der Waals surface area contributed by atoms with E-state index >= 15 is 0 Å². The van der Waals surface area contributed by atoms with Gasteiger partial charge in [0.25, 0.3) is 0 Å². The van der Waals surface area contributed by atoms with Crippen molar-refractivity contribution in [3.63, 3.8) is 0 Å². The van der Waals surface area contributed by atoms with Crippen LogP contribution in [0.25, 0.3) is 0 Å². The average Bonchev–Trinajstić information content (AvgIpc) is 3.28. The highest BCUT2D eigenvalue weighted by molar-refractivity contribution is 8.03. The molecule has 2 aromatic rings. The summed E-state index contributed by atoms with van der Waals surface area (Å²) in [5.74, 6) is -0.198. The van der Waals surface area contributed by atoms with E-state index in [0.717, 1.165) is 34.7 Å². The number of dihydropyridines is 1. The molecule has 158 valence electrons. The molecule has 1 amide bonds. The molecule has 1 aliphatic heterocycles. The maximum absolute atomic E-state index is 12.7. The first-order chi connectivity index (χ1) is 15.0. The second-order valence-electron chi connectivity index (χ2n) is 7.73. The number of amides is 1. The summed E-state index contributed by atoms with van der Waals surface area (Å²) in [5, 5.41) is 18.9. The topological polar surface area (TPSA) is 82.0 Å². The van der Waals surface area contributed by atoms with Crippen molar-refractivity contribution in [2.45, 2.75) is 39.0 Å². The van der Waals surface area contributed by atoms with E-state index in [4.69, 9.17) is 0 Å². The van der Waals surface area contributed by atoms with E-state index in [1.54, 1.807) is 11.3 Å². The molecular formula is C24H23N3O2S2. The predicted molar refractivity (Wildman–Crippen MR) is 126 cm³/mol. The van der Waals surface area contributed by atoms with E-state index in [0.29, 0.717) is 22.6 Å². The molecule has 0 saturated heterocycles. The molecule has 1 aromatic carbocycles. The summed E-state index contributed by atoms with van der Waals surface area (Å²) >= 11 is 2.86. The van der Waals surface area contributed by atoms with Crippen molar-refractivity contribution in [3.05, 3.63) is 73.6 Å². The number of thiophene rings is 1. The lowest BCUT2D eigenvalue weighted by Gasteiger charge is -2.32. The Morgan fingerprint density at radius 3 is 2.84 bits per heavy atom. The van der Waals surface area contributed by atoms with Gasteiger partial charge in [0.05, 0.1) is 28.3 Å². The van der Waals surface area contributed by atoms with Crippen LogP contribution in [0.1, 0.15) is 41.2 Å². The van der Waals surface area contributed by atoms with Gasteiger partial charge >= 0.3 is 0 Å². The lowest BCUT2D eigenvalue weighted by atomic mass is 9.79. The summed E-state index contributed by atoms with van der Waals surface area (Å²) in [4.78, 5) is 26.3. The van der Waals surface area contributed by atoms with Crippen LogP contribution in [0.15, 0.2) is 57.6 Å². The molecular weight excluding hydrogens is 426 g/mol. The number of aryl methyl sites for hydroxylation is 2. The highest BCUT2D eigenvalue weighted by atomic mass is 32.2. The zero-order chi connectivity index (χ0) is 22.0. The largest absolute Gasteiger partial charge is 0.352 e. The number of ketones is 1. The first-order valence-corrected chi connectivity index (χ1v) is 12.0. The van der Waals surface area contributed by atoms with Crippen molar-refractivity contribution in [1.82, 2.24) is 5.32 Å². The molecule has 1 aromatic heterocycles. The fourth-order valence-corrected chi connectivity index (χ4v) is 5.64. The smallest absolute Gasteiger partial charge is 0.234 e. The van der Waals surface area contributed by atoms with Crippen LogP contribution < -0.4 is 10.6 Å². The third kappa shape index (κ3) is 4.46. The van der Waals surface area contributed by atoms with E-state index in [-0.39, 0.29) is 23.4 Å². The standard InChI is InChI=1S/C24H23N3O2S2/c1-14-8-9-16(11-15(14)2)26-21(29)13-31-24-17(12-25)22(20-7-4-10-30-20)23-18(27-24)5-3-6-19(23)28/h4,7-11,22,27H,3,5-6,13H2,1-2H3,(H,26,29)/t22-/m0/s1. The zero-order valence-electron chi connectivity index (χ0n) is 17.5. The highest BCUT2D eigenvalue weighted by Gasteiger charge is 2.37. The number of hydrogen-bond donors (Lipinski definition) is 2. The quantitative estimate of drug-likeness (QED) is 0.658. The number of carbonyl (C=O) groups excluding carboxylic acids is 2. The molecule has 0 bridgehead atoms. The van der Waals surface area contributed by atoms with Crippen molar-refractivity contribution in [1.29, 1.82) is 5.26 Å². The van der Waals surface area contributed by atoms with Crippen LogP contribution in [0.5, 0.6) is 0 Å². The van der Waals surface area contributed by atoms with Gasteiger partial charge in [-0.15, -0.1) is 11.3 Å². The van der Waals surface area contributed by atoms with Crippen molar-refractivity contribution in [3.8, 4) is 6.07 Å². The summed E-state index contributed by atoms with van der Waals surface area (Å²) in [6.07, 6.45) is 2.09. The Bertz CT molecular complexity index is 1140. The number of hydrogen-bond acceptors (Lipinski definition) is 6. The zero-order valence-corrected chi connectivity index (χ0v) is 19.1. The SMILES string of the molecule is Cc1ccc(NC(=O)CSC2=C(C#N)[C@@H](c3cccs3)C3=C(CCCC3=O)N2)cc1C. The first-order valence-electron chi connectivity index (χ1n) is 10.2. The van der Waals surface area contributed by atoms with Crippen LogP contribution in [0, 0.1) is 25.2 Å².